The Labute approximate surface area is 105 Å². The van der Waals surface area contributed by atoms with Crippen molar-refractivity contribution in [3.05, 3.63) is 29.6 Å². The van der Waals surface area contributed by atoms with Crippen LogP contribution in [0.1, 0.15) is 16.8 Å². The molecule has 0 aromatic heterocycles. The molecule has 5 heteroatoms. The van der Waals surface area contributed by atoms with Gasteiger partial charge in [-0.25, -0.2) is 4.39 Å². The van der Waals surface area contributed by atoms with Crippen LogP contribution in [0.2, 0.25) is 0 Å². The standard InChI is InChI=1S/C13H16F2N2O/c14-4-1-5-17-7-12(8-17)16-11-3-2-10(9-18)13(15)6-11/h2-3,6,9,12,16H,1,4-5,7-8H2. The van der Waals surface area contributed by atoms with E-state index in [1.807, 2.05) is 0 Å². The van der Waals surface area contributed by atoms with Gasteiger partial charge in [0.1, 0.15) is 5.82 Å². The van der Waals surface area contributed by atoms with Crippen LogP contribution in [-0.2, 0) is 0 Å². The van der Waals surface area contributed by atoms with E-state index in [2.05, 4.69) is 10.2 Å². The number of hydrogen-bond donors (Lipinski definition) is 1. The number of benzene rings is 1. The van der Waals surface area contributed by atoms with Crippen molar-refractivity contribution in [3.8, 4) is 0 Å². The van der Waals surface area contributed by atoms with E-state index in [4.69, 9.17) is 0 Å². The summed E-state index contributed by atoms with van der Waals surface area (Å²) in [6.45, 7) is 2.17. The van der Waals surface area contributed by atoms with Crippen molar-refractivity contribution in [3.63, 3.8) is 0 Å². The molecule has 0 aliphatic carbocycles. The molecular formula is C13H16F2N2O. The Balaban J connectivity index is 1.81. The second-order valence-corrected chi connectivity index (χ2v) is 4.50. The van der Waals surface area contributed by atoms with Gasteiger partial charge in [-0.2, -0.15) is 0 Å². The quantitative estimate of drug-likeness (QED) is 0.789. The predicted octanol–water partition coefficient (Wildman–Crippen LogP) is 2.09. The summed E-state index contributed by atoms with van der Waals surface area (Å²) >= 11 is 0. The van der Waals surface area contributed by atoms with Crippen LogP contribution in [0.15, 0.2) is 18.2 Å². The molecule has 1 saturated heterocycles. The van der Waals surface area contributed by atoms with E-state index in [9.17, 15) is 13.6 Å². The Morgan fingerprint density at radius 2 is 2.22 bits per heavy atom. The number of halogens is 2. The van der Waals surface area contributed by atoms with Gasteiger partial charge >= 0.3 is 0 Å². The first-order valence-electron chi connectivity index (χ1n) is 6.02. The Morgan fingerprint density at radius 1 is 1.44 bits per heavy atom. The van der Waals surface area contributed by atoms with Crippen LogP contribution < -0.4 is 5.32 Å². The summed E-state index contributed by atoms with van der Waals surface area (Å²) in [6.07, 6.45) is 1.07. The van der Waals surface area contributed by atoms with Crippen LogP contribution in [-0.4, -0.2) is 43.5 Å². The Hall–Kier alpha value is -1.49. The molecule has 3 nitrogen and oxygen atoms in total. The number of carbonyl (C=O) groups excluding carboxylic acids is 1. The lowest BCUT2D eigenvalue weighted by molar-refractivity contribution is 0.112. The normalized spacial score (nSPS) is 16.3. The average Bonchev–Trinajstić information content (AvgIpc) is 2.32. The molecule has 1 aromatic rings. The van der Waals surface area contributed by atoms with Crippen LogP contribution in [0.5, 0.6) is 0 Å². The number of rotatable bonds is 6. The number of nitrogens with one attached hydrogen (secondary N) is 1. The van der Waals surface area contributed by atoms with E-state index < -0.39 is 5.82 Å². The highest BCUT2D eigenvalue weighted by Crippen LogP contribution is 2.18. The Bertz CT molecular complexity index is 419. The third kappa shape index (κ3) is 3.04. The van der Waals surface area contributed by atoms with E-state index in [-0.39, 0.29) is 18.3 Å². The fraction of sp³-hybridized carbons (Fsp3) is 0.462. The summed E-state index contributed by atoms with van der Waals surface area (Å²) < 4.78 is 25.3. The van der Waals surface area contributed by atoms with Crippen molar-refractivity contribution in [1.82, 2.24) is 4.90 Å². The van der Waals surface area contributed by atoms with Gasteiger partial charge < -0.3 is 5.32 Å². The van der Waals surface area contributed by atoms with Crippen molar-refractivity contribution in [2.75, 3.05) is 31.6 Å². The minimum absolute atomic E-state index is 0.0683. The second kappa shape index (κ2) is 5.91. The summed E-state index contributed by atoms with van der Waals surface area (Å²) in [6, 6.07) is 4.75. The number of nitrogens with zero attached hydrogens (tertiary/aromatic N) is 1. The molecule has 0 bridgehead atoms. The predicted molar refractivity (Wildman–Crippen MR) is 66.2 cm³/mol. The summed E-state index contributed by atoms with van der Waals surface area (Å²) in [5.41, 5.74) is 0.743. The molecule has 1 aliphatic heterocycles. The fourth-order valence-corrected chi connectivity index (χ4v) is 2.08. The van der Waals surface area contributed by atoms with Crippen LogP contribution in [0.4, 0.5) is 14.5 Å². The zero-order valence-electron chi connectivity index (χ0n) is 10.0. The van der Waals surface area contributed by atoms with Crippen LogP contribution in [0.3, 0.4) is 0 Å². The maximum Gasteiger partial charge on any atom is 0.152 e. The van der Waals surface area contributed by atoms with E-state index in [0.717, 1.165) is 19.6 Å². The molecule has 0 radical (unpaired) electrons. The van der Waals surface area contributed by atoms with Crippen molar-refractivity contribution in [2.24, 2.45) is 0 Å². The molecule has 1 aromatic carbocycles. The van der Waals surface area contributed by atoms with Crippen molar-refractivity contribution < 1.29 is 13.6 Å². The molecule has 1 heterocycles. The molecule has 18 heavy (non-hydrogen) atoms. The number of aldehydes is 1. The highest BCUT2D eigenvalue weighted by Gasteiger charge is 2.25. The van der Waals surface area contributed by atoms with Crippen LogP contribution >= 0.6 is 0 Å². The molecule has 0 saturated carbocycles. The van der Waals surface area contributed by atoms with Gasteiger partial charge in [-0.3, -0.25) is 14.1 Å². The van der Waals surface area contributed by atoms with E-state index in [1.165, 1.54) is 12.1 Å². The average molecular weight is 254 g/mol. The summed E-state index contributed by atoms with van der Waals surface area (Å²) in [7, 11) is 0. The summed E-state index contributed by atoms with van der Waals surface area (Å²) in [5, 5.41) is 3.19. The highest BCUT2D eigenvalue weighted by atomic mass is 19.1. The van der Waals surface area contributed by atoms with Crippen LogP contribution in [0, 0.1) is 5.82 Å². The largest absolute Gasteiger partial charge is 0.380 e. The number of anilines is 1. The van der Waals surface area contributed by atoms with Crippen molar-refractivity contribution in [1.29, 1.82) is 0 Å². The van der Waals surface area contributed by atoms with E-state index >= 15 is 0 Å². The highest BCUT2D eigenvalue weighted by molar-refractivity contribution is 5.76. The van der Waals surface area contributed by atoms with Gasteiger partial charge in [-0.1, -0.05) is 0 Å². The molecule has 1 fully saturated rings. The maximum absolute atomic E-state index is 13.3. The molecule has 0 atom stereocenters. The van der Waals surface area contributed by atoms with Gasteiger partial charge in [-0.05, 0) is 24.6 Å². The van der Waals surface area contributed by atoms with E-state index in [1.54, 1.807) is 6.07 Å². The maximum atomic E-state index is 13.3. The van der Waals surface area contributed by atoms with Gasteiger partial charge in [0.15, 0.2) is 6.29 Å². The lowest BCUT2D eigenvalue weighted by Gasteiger charge is -2.40. The minimum atomic E-state index is -0.511. The monoisotopic (exact) mass is 254 g/mol. The first-order chi connectivity index (χ1) is 8.72. The van der Waals surface area contributed by atoms with Gasteiger partial charge in [-0.15, -0.1) is 0 Å². The van der Waals surface area contributed by atoms with Gasteiger partial charge in [0.2, 0.25) is 0 Å². The lowest BCUT2D eigenvalue weighted by atomic mass is 10.1. The third-order valence-corrected chi connectivity index (χ3v) is 3.06. The van der Waals surface area contributed by atoms with Crippen molar-refractivity contribution >= 4 is 12.0 Å². The topological polar surface area (TPSA) is 32.3 Å². The lowest BCUT2D eigenvalue weighted by Crippen LogP contribution is -2.54. The second-order valence-electron chi connectivity index (χ2n) is 4.50. The molecule has 0 unspecified atom stereocenters. The number of alkyl halides is 1. The molecule has 1 aliphatic rings. The molecule has 98 valence electrons. The number of carbonyl (C=O) groups is 1. The zero-order chi connectivity index (χ0) is 13.0. The van der Waals surface area contributed by atoms with Gasteiger partial charge in [0, 0.05) is 25.3 Å². The Kier molecular flexibility index (Phi) is 4.25. The molecular weight excluding hydrogens is 238 g/mol. The number of hydrogen-bond acceptors (Lipinski definition) is 3. The van der Waals surface area contributed by atoms with Crippen molar-refractivity contribution in [2.45, 2.75) is 12.5 Å². The Morgan fingerprint density at radius 3 is 2.83 bits per heavy atom. The molecule has 0 spiro atoms. The summed E-state index contributed by atoms with van der Waals surface area (Å²) in [4.78, 5) is 12.6. The van der Waals surface area contributed by atoms with Gasteiger partial charge in [0.25, 0.3) is 0 Å². The molecule has 1 N–H and O–H groups in total. The van der Waals surface area contributed by atoms with Gasteiger partial charge in [0.05, 0.1) is 18.3 Å². The third-order valence-electron chi connectivity index (χ3n) is 3.06. The zero-order valence-corrected chi connectivity index (χ0v) is 10.0. The molecule has 0 amide bonds. The SMILES string of the molecule is O=Cc1ccc(NC2CN(CCCF)C2)cc1F. The summed E-state index contributed by atoms with van der Waals surface area (Å²) in [5.74, 6) is -0.511. The fourth-order valence-electron chi connectivity index (χ4n) is 2.08. The van der Waals surface area contributed by atoms with Crippen LogP contribution in [0.25, 0.3) is 0 Å². The smallest absolute Gasteiger partial charge is 0.152 e. The number of likely N-dealkylation sites (tertiary alicyclic amines) is 1. The van der Waals surface area contributed by atoms with E-state index in [0.29, 0.717) is 18.4 Å². The first kappa shape index (κ1) is 13.0. The first-order valence-corrected chi connectivity index (χ1v) is 6.02. The molecule has 2 rings (SSSR count). The minimum Gasteiger partial charge on any atom is -0.380 e.